The van der Waals surface area contributed by atoms with E-state index >= 15 is 0 Å². The first-order valence-corrected chi connectivity index (χ1v) is 10.1. The monoisotopic (exact) mass is 387 g/mol. The number of aliphatic carboxylic acids is 1. The second-order valence-corrected chi connectivity index (χ2v) is 8.56. The van der Waals surface area contributed by atoms with Crippen LogP contribution in [-0.4, -0.2) is 84.9 Å². The number of morpholine rings is 1. The van der Waals surface area contributed by atoms with Crippen molar-refractivity contribution in [2.75, 3.05) is 39.0 Å². The van der Waals surface area contributed by atoms with Crippen molar-refractivity contribution in [1.29, 1.82) is 0 Å². The molecule has 144 valence electrons. The number of carboxylic acid groups (broad SMARTS) is 1. The van der Waals surface area contributed by atoms with Crippen molar-refractivity contribution in [3.63, 3.8) is 0 Å². The van der Waals surface area contributed by atoms with Crippen LogP contribution in [0.15, 0.2) is 10.6 Å². The van der Waals surface area contributed by atoms with Gasteiger partial charge in [0.1, 0.15) is 12.3 Å². The van der Waals surface area contributed by atoms with Gasteiger partial charge in [0.25, 0.3) is 5.91 Å². The van der Waals surface area contributed by atoms with Gasteiger partial charge in [-0.15, -0.1) is 0 Å². The third kappa shape index (κ3) is 4.59. The third-order valence-electron chi connectivity index (χ3n) is 4.34. The Labute approximate surface area is 150 Å². The van der Waals surface area contributed by atoms with Gasteiger partial charge in [-0.25, -0.2) is 8.42 Å². The summed E-state index contributed by atoms with van der Waals surface area (Å²) in [5.74, 6) is -0.504. The summed E-state index contributed by atoms with van der Waals surface area (Å²) in [6, 6.07) is 1.65. The Morgan fingerprint density at radius 2 is 2.15 bits per heavy atom. The van der Waals surface area contributed by atoms with E-state index < -0.39 is 28.6 Å². The molecule has 0 spiro atoms. The van der Waals surface area contributed by atoms with Crippen LogP contribution >= 0.6 is 0 Å². The molecule has 2 heterocycles. The number of hydrogen-bond acceptors (Lipinski definition) is 7. The minimum Gasteiger partial charge on any atom is -0.480 e. The molecule has 1 N–H and O–H groups in total. The van der Waals surface area contributed by atoms with Gasteiger partial charge in [0.05, 0.1) is 19.0 Å². The second kappa shape index (κ2) is 7.33. The van der Waals surface area contributed by atoms with E-state index in [0.717, 1.165) is 23.4 Å². The molecular formula is C15H21N3O7S. The van der Waals surface area contributed by atoms with Gasteiger partial charge in [-0.1, -0.05) is 5.16 Å². The Bertz CT molecular complexity index is 787. The number of aromatic nitrogens is 1. The van der Waals surface area contributed by atoms with Crippen molar-refractivity contribution < 1.29 is 32.4 Å². The molecule has 2 aliphatic rings. The van der Waals surface area contributed by atoms with E-state index in [0.29, 0.717) is 18.2 Å². The van der Waals surface area contributed by atoms with Crippen LogP contribution in [0.4, 0.5) is 0 Å². The fraction of sp³-hybridized carbons (Fsp3) is 0.667. The number of carbonyl (C=O) groups is 2. The second-order valence-electron chi connectivity index (χ2n) is 6.58. The molecule has 1 amide bonds. The average molecular weight is 387 g/mol. The van der Waals surface area contributed by atoms with E-state index in [1.807, 2.05) is 0 Å². The third-order valence-corrected chi connectivity index (χ3v) is 5.56. The zero-order valence-electron chi connectivity index (χ0n) is 14.3. The normalized spacial score (nSPS) is 21.2. The maximum atomic E-state index is 12.6. The zero-order valence-corrected chi connectivity index (χ0v) is 15.1. The minimum atomic E-state index is -3.71. The molecule has 1 saturated carbocycles. The quantitative estimate of drug-likeness (QED) is 0.677. The largest absolute Gasteiger partial charge is 0.480 e. The van der Waals surface area contributed by atoms with Crippen LogP contribution in [0.25, 0.3) is 0 Å². The van der Waals surface area contributed by atoms with Crippen LogP contribution in [0.3, 0.4) is 0 Å². The molecule has 1 atom stereocenters. The number of rotatable bonds is 7. The van der Waals surface area contributed by atoms with E-state index in [1.165, 1.54) is 4.90 Å². The van der Waals surface area contributed by atoms with Gasteiger partial charge in [0.2, 0.25) is 10.0 Å². The van der Waals surface area contributed by atoms with E-state index in [-0.39, 0.29) is 31.3 Å². The number of ether oxygens (including phenoxy) is 1. The van der Waals surface area contributed by atoms with Crippen molar-refractivity contribution in [3.05, 3.63) is 17.5 Å². The van der Waals surface area contributed by atoms with Crippen LogP contribution < -0.4 is 0 Å². The predicted molar refractivity (Wildman–Crippen MR) is 88.2 cm³/mol. The Balaban J connectivity index is 1.63. The molecule has 1 unspecified atom stereocenters. The predicted octanol–water partition coefficient (Wildman–Crippen LogP) is -0.261. The number of carbonyl (C=O) groups excluding carboxylic acids is 1. The lowest BCUT2D eigenvalue weighted by Crippen LogP contribution is -2.51. The molecule has 3 rings (SSSR count). The van der Waals surface area contributed by atoms with Crippen molar-refractivity contribution in [2.24, 2.45) is 0 Å². The van der Waals surface area contributed by atoms with Crippen LogP contribution in [0.2, 0.25) is 0 Å². The number of amides is 1. The summed E-state index contributed by atoms with van der Waals surface area (Å²) in [5, 5.41) is 12.7. The van der Waals surface area contributed by atoms with Crippen molar-refractivity contribution in [3.8, 4) is 0 Å². The lowest BCUT2D eigenvalue weighted by atomic mass is 10.2. The van der Waals surface area contributed by atoms with Gasteiger partial charge in [0.15, 0.2) is 5.69 Å². The molecule has 1 saturated heterocycles. The summed E-state index contributed by atoms with van der Waals surface area (Å²) in [5.41, 5.74) is 0.220. The number of carboxylic acids is 1. The van der Waals surface area contributed by atoms with Gasteiger partial charge in [0, 0.05) is 31.6 Å². The van der Waals surface area contributed by atoms with Gasteiger partial charge in [-0.05, 0) is 12.8 Å². The Kier molecular flexibility index (Phi) is 5.30. The van der Waals surface area contributed by atoms with Gasteiger partial charge >= 0.3 is 5.97 Å². The van der Waals surface area contributed by atoms with E-state index in [1.54, 1.807) is 6.07 Å². The number of hydrogen-bond donors (Lipinski definition) is 1. The highest BCUT2D eigenvalue weighted by atomic mass is 32.2. The summed E-state index contributed by atoms with van der Waals surface area (Å²) in [4.78, 5) is 25.0. The SMILES string of the molecule is CS(=O)(=O)N(CC(=O)O)CC1CN(C(=O)c2cc(C3CC3)on2)CCO1. The summed E-state index contributed by atoms with van der Waals surface area (Å²) in [6.45, 7) is -0.0645. The topological polar surface area (TPSA) is 130 Å². The maximum absolute atomic E-state index is 12.6. The molecule has 0 bridgehead atoms. The Morgan fingerprint density at radius 1 is 1.42 bits per heavy atom. The number of sulfonamides is 1. The number of nitrogens with zero attached hydrogens (tertiary/aromatic N) is 3. The molecule has 1 aliphatic carbocycles. The van der Waals surface area contributed by atoms with Gasteiger partial charge < -0.3 is 19.3 Å². The van der Waals surface area contributed by atoms with E-state index in [2.05, 4.69) is 5.16 Å². The lowest BCUT2D eigenvalue weighted by Gasteiger charge is -2.34. The smallest absolute Gasteiger partial charge is 0.318 e. The molecule has 1 aromatic rings. The summed E-state index contributed by atoms with van der Waals surface area (Å²) < 4.78 is 35.1. The first-order chi connectivity index (χ1) is 12.2. The first-order valence-electron chi connectivity index (χ1n) is 8.28. The Hall–Kier alpha value is -1.98. The van der Waals surface area contributed by atoms with Crippen molar-refractivity contribution >= 4 is 21.9 Å². The summed E-state index contributed by atoms with van der Waals surface area (Å²) in [6.07, 6.45) is 2.40. The molecule has 1 aromatic heterocycles. The van der Waals surface area contributed by atoms with Gasteiger partial charge in [-0.2, -0.15) is 4.31 Å². The molecular weight excluding hydrogens is 366 g/mol. The minimum absolute atomic E-state index is 0.138. The maximum Gasteiger partial charge on any atom is 0.318 e. The van der Waals surface area contributed by atoms with Crippen LogP contribution in [0, 0.1) is 0 Å². The Morgan fingerprint density at radius 3 is 2.77 bits per heavy atom. The summed E-state index contributed by atoms with van der Waals surface area (Å²) >= 11 is 0. The van der Waals surface area contributed by atoms with Crippen LogP contribution in [0.1, 0.15) is 35.0 Å². The lowest BCUT2D eigenvalue weighted by molar-refractivity contribution is -0.137. The molecule has 1 aliphatic heterocycles. The van der Waals surface area contributed by atoms with Crippen molar-refractivity contribution in [2.45, 2.75) is 24.9 Å². The molecule has 10 nitrogen and oxygen atoms in total. The van der Waals surface area contributed by atoms with Gasteiger partial charge in [-0.3, -0.25) is 9.59 Å². The van der Waals surface area contributed by atoms with Crippen LogP contribution in [-0.2, 0) is 19.6 Å². The molecule has 2 fully saturated rings. The summed E-state index contributed by atoms with van der Waals surface area (Å²) in [7, 11) is -3.71. The fourth-order valence-electron chi connectivity index (χ4n) is 2.82. The highest BCUT2D eigenvalue weighted by Crippen LogP contribution is 2.40. The molecule has 0 aromatic carbocycles. The van der Waals surface area contributed by atoms with Crippen LogP contribution in [0.5, 0.6) is 0 Å². The fourth-order valence-corrected chi connectivity index (χ4v) is 3.60. The molecule has 26 heavy (non-hydrogen) atoms. The molecule has 11 heteroatoms. The zero-order chi connectivity index (χ0) is 18.9. The van der Waals surface area contributed by atoms with E-state index in [4.69, 9.17) is 14.4 Å². The standard InChI is InChI=1S/C15H21N3O7S/c1-26(22,23)18(9-14(19)20)8-11-7-17(4-5-24-11)15(21)12-6-13(25-16-12)10-2-3-10/h6,10-11H,2-5,7-9H2,1H3,(H,19,20). The highest BCUT2D eigenvalue weighted by molar-refractivity contribution is 7.88. The van der Waals surface area contributed by atoms with E-state index in [9.17, 15) is 18.0 Å². The highest BCUT2D eigenvalue weighted by Gasteiger charge is 2.33. The molecule has 0 radical (unpaired) electrons. The first kappa shape index (κ1) is 18.8. The average Bonchev–Trinajstić information content (AvgIpc) is 3.30. The van der Waals surface area contributed by atoms with Crippen molar-refractivity contribution in [1.82, 2.24) is 14.4 Å².